The Morgan fingerprint density at radius 3 is 2.35 bits per heavy atom. The maximum atomic E-state index is 13.3. The second kappa shape index (κ2) is 9.77. The fourth-order valence-corrected chi connectivity index (χ4v) is 4.42. The smallest absolute Gasteiger partial charge is 0.308 e. The first kappa shape index (κ1) is 21.1. The summed E-state index contributed by atoms with van der Waals surface area (Å²) in [5.41, 5.74) is 3.50. The molecule has 0 radical (unpaired) electrons. The fraction of sp³-hybridized carbons (Fsp3) is 0.400. The molecule has 0 bridgehead atoms. The Bertz CT molecular complexity index is 934. The molecule has 162 valence electrons. The van der Waals surface area contributed by atoms with Crippen molar-refractivity contribution in [3.8, 4) is 11.1 Å². The molecule has 4 rings (SSSR count). The van der Waals surface area contributed by atoms with Crippen molar-refractivity contribution in [1.29, 1.82) is 0 Å². The van der Waals surface area contributed by atoms with E-state index in [9.17, 15) is 9.59 Å². The van der Waals surface area contributed by atoms with Gasteiger partial charge in [-0.15, -0.1) is 0 Å². The first-order chi connectivity index (χ1) is 15.1. The van der Waals surface area contributed by atoms with Gasteiger partial charge in [-0.05, 0) is 48.9 Å². The largest absolute Gasteiger partial charge is 0.462 e. The van der Waals surface area contributed by atoms with E-state index < -0.39 is 0 Å². The lowest BCUT2D eigenvalue weighted by Gasteiger charge is -2.24. The Balaban J connectivity index is 1.47. The van der Waals surface area contributed by atoms with Crippen LogP contribution in [0.3, 0.4) is 0 Å². The summed E-state index contributed by atoms with van der Waals surface area (Å²) in [7, 11) is 1.49. The minimum Gasteiger partial charge on any atom is -0.462 e. The van der Waals surface area contributed by atoms with E-state index in [2.05, 4.69) is 5.16 Å². The second-order valence-corrected chi connectivity index (χ2v) is 8.17. The standard InChI is InChI=1S/C25H28N2O4/c1-30-26-21-15-22(16-24(28)31-23-9-5-6-10-23)27(17-21)25(29)20-13-11-19(12-14-20)18-7-3-2-4-8-18/h2-4,7-8,11-14,22-23H,5-6,9-10,15-17H2,1H3/t22-/m0/s1. The van der Waals surface area contributed by atoms with E-state index in [4.69, 9.17) is 9.57 Å². The Labute approximate surface area is 182 Å². The van der Waals surface area contributed by atoms with Crippen LogP contribution in [0.5, 0.6) is 0 Å². The Hall–Kier alpha value is -3.15. The summed E-state index contributed by atoms with van der Waals surface area (Å²) in [6.07, 6.45) is 4.79. The number of carbonyl (C=O) groups excluding carboxylic acids is 2. The highest BCUT2D eigenvalue weighted by atomic mass is 16.6. The van der Waals surface area contributed by atoms with Gasteiger partial charge in [0.25, 0.3) is 5.91 Å². The molecular formula is C25H28N2O4. The maximum Gasteiger partial charge on any atom is 0.308 e. The third-order valence-electron chi connectivity index (χ3n) is 5.99. The van der Waals surface area contributed by atoms with Gasteiger partial charge in [-0.1, -0.05) is 47.6 Å². The molecular weight excluding hydrogens is 392 g/mol. The number of nitrogens with zero attached hydrogens (tertiary/aromatic N) is 2. The number of hydrogen-bond donors (Lipinski definition) is 0. The van der Waals surface area contributed by atoms with Crippen LogP contribution in [0.4, 0.5) is 0 Å². The van der Waals surface area contributed by atoms with Crippen LogP contribution in [0.2, 0.25) is 0 Å². The van der Waals surface area contributed by atoms with Gasteiger partial charge in [0.15, 0.2) is 0 Å². The number of benzene rings is 2. The molecule has 0 unspecified atom stereocenters. The minimum atomic E-state index is -0.274. The van der Waals surface area contributed by atoms with E-state index in [0.717, 1.165) is 42.5 Å². The Kier molecular flexibility index (Phi) is 6.65. The average molecular weight is 421 g/mol. The van der Waals surface area contributed by atoms with Crippen molar-refractivity contribution in [3.63, 3.8) is 0 Å². The lowest BCUT2D eigenvalue weighted by atomic mass is 10.0. The van der Waals surface area contributed by atoms with Crippen molar-refractivity contribution in [2.45, 2.75) is 50.7 Å². The molecule has 2 aromatic carbocycles. The van der Waals surface area contributed by atoms with Gasteiger partial charge >= 0.3 is 5.97 Å². The first-order valence-electron chi connectivity index (χ1n) is 10.9. The van der Waals surface area contributed by atoms with E-state index in [1.807, 2.05) is 54.6 Å². The average Bonchev–Trinajstić information content (AvgIpc) is 3.44. The highest BCUT2D eigenvalue weighted by molar-refractivity contribution is 6.01. The number of oxime groups is 1. The molecule has 0 aromatic heterocycles. The lowest BCUT2D eigenvalue weighted by molar-refractivity contribution is -0.149. The molecule has 6 heteroatoms. The number of ether oxygens (including phenoxy) is 1. The van der Waals surface area contributed by atoms with E-state index >= 15 is 0 Å². The molecule has 1 aliphatic carbocycles. The van der Waals surface area contributed by atoms with E-state index in [1.54, 1.807) is 4.90 Å². The van der Waals surface area contributed by atoms with Gasteiger partial charge in [0, 0.05) is 18.0 Å². The molecule has 31 heavy (non-hydrogen) atoms. The number of rotatable bonds is 6. The van der Waals surface area contributed by atoms with Gasteiger partial charge < -0.3 is 14.5 Å². The third kappa shape index (κ3) is 5.13. The molecule has 2 aromatic rings. The first-order valence-corrected chi connectivity index (χ1v) is 10.9. The summed E-state index contributed by atoms with van der Waals surface area (Å²) in [4.78, 5) is 32.4. The third-order valence-corrected chi connectivity index (χ3v) is 5.99. The molecule has 2 aliphatic rings. The summed E-state index contributed by atoms with van der Waals surface area (Å²) in [5.74, 6) is -0.354. The van der Waals surface area contributed by atoms with Crippen molar-refractivity contribution in [2.24, 2.45) is 5.16 Å². The molecule has 1 heterocycles. The van der Waals surface area contributed by atoms with Gasteiger partial charge in [0.2, 0.25) is 0 Å². The molecule has 1 saturated carbocycles. The molecule has 0 spiro atoms. The molecule has 1 aliphatic heterocycles. The van der Waals surface area contributed by atoms with Crippen LogP contribution in [0, 0.1) is 0 Å². The summed E-state index contributed by atoms with van der Waals surface area (Å²) < 4.78 is 5.62. The predicted molar refractivity (Wildman–Crippen MR) is 119 cm³/mol. The van der Waals surface area contributed by atoms with Crippen molar-refractivity contribution in [1.82, 2.24) is 4.90 Å². The summed E-state index contributed by atoms with van der Waals surface area (Å²) in [6, 6.07) is 17.3. The SMILES string of the molecule is CON=C1C[C@@H](CC(=O)OC2CCCC2)N(C(=O)c2ccc(-c3ccccc3)cc2)C1. The van der Waals surface area contributed by atoms with Crippen molar-refractivity contribution < 1.29 is 19.2 Å². The van der Waals surface area contributed by atoms with Gasteiger partial charge in [-0.25, -0.2) is 0 Å². The topological polar surface area (TPSA) is 68.2 Å². The van der Waals surface area contributed by atoms with E-state index in [0.29, 0.717) is 18.5 Å². The molecule has 1 amide bonds. The molecule has 2 fully saturated rings. The molecule has 1 atom stereocenters. The Morgan fingerprint density at radius 2 is 1.68 bits per heavy atom. The van der Waals surface area contributed by atoms with Crippen molar-refractivity contribution >= 4 is 17.6 Å². The normalized spacial score (nSPS) is 20.2. The number of hydrogen-bond acceptors (Lipinski definition) is 5. The van der Waals surface area contributed by atoms with Gasteiger partial charge in [0.05, 0.1) is 18.7 Å². The number of likely N-dealkylation sites (tertiary alicyclic amines) is 1. The van der Waals surface area contributed by atoms with Crippen molar-refractivity contribution in [3.05, 3.63) is 60.2 Å². The molecule has 1 saturated heterocycles. The van der Waals surface area contributed by atoms with Crippen LogP contribution in [0.25, 0.3) is 11.1 Å². The number of carbonyl (C=O) groups is 2. The highest BCUT2D eigenvalue weighted by Crippen LogP contribution is 2.26. The monoisotopic (exact) mass is 420 g/mol. The molecule has 6 nitrogen and oxygen atoms in total. The summed E-state index contributed by atoms with van der Waals surface area (Å²) in [6.45, 7) is 0.356. The van der Waals surface area contributed by atoms with Crippen LogP contribution < -0.4 is 0 Å². The predicted octanol–water partition coefficient (Wildman–Crippen LogP) is 4.45. The lowest BCUT2D eigenvalue weighted by Crippen LogP contribution is -2.37. The van der Waals surface area contributed by atoms with Crippen molar-refractivity contribution in [2.75, 3.05) is 13.7 Å². The quantitative estimate of drug-likeness (QED) is 0.512. The number of amides is 1. The highest BCUT2D eigenvalue weighted by Gasteiger charge is 2.36. The summed E-state index contributed by atoms with van der Waals surface area (Å²) in [5, 5.41) is 4.04. The minimum absolute atomic E-state index is 0.0238. The zero-order valence-electron chi connectivity index (χ0n) is 17.8. The van der Waals surface area contributed by atoms with Gasteiger partial charge in [-0.2, -0.15) is 0 Å². The molecule has 0 N–H and O–H groups in total. The number of esters is 1. The van der Waals surface area contributed by atoms with Gasteiger partial charge in [0.1, 0.15) is 13.2 Å². The van der Waals surface area contributed by atoms with Crippen LogP contribution in [0.15, 0.2) is 59.8 Å². The van der Waals surface area contributed by atoms with Crippen LogP contribution in [-0.4, -0.2) is 48.3 Å². The second-order valence-electron chi connectivity index (χ2n) is 8.17. The van der Waals surface area contributed by atoms with Crippen LogP contribution in [0.1, 0.15) is 48.9 Å². The Morgan fingerprint density at radius 1 is 1.00 bits per heavy atom. The maximum absolute atomic E-state index is 13.3. The van der Waals surface area contributed by atoms with Gasteiger partial charge in [-0.3, -0.25) is 9.59 Å². The fourth-order valence-electron chi connectivity index (χ4n) is 4.42. The zero-order valence-corrected chi connectivity index (χ0v) is 17.8. The van der Waals surface area contributed by atoms with Crippen LogP contribution >= 0.6 is 0 Å². The van der Waals surface area contributed by atoms with Crippen LogP contribution in [-0.2, 0) is 14.4 Å². The van der Waals surface area contributed by atoms with E-state index in [-0.39, 0.29) is 30.4 Å². The summed E-state index contributed by atoms with van der Waals surface area (Å²) >= 11 is 0. The zero-order chi connectivity index (χ0) is 21.6. The van der Waals surface area contributed by atoms with E-state index in [1.165, 1.54) is 7.11 Å².